The Kier molecular flexibility index (Phi) is 4.71. The van der Waals surface area contributed by atoms with Gasteiger partial charge in [0.25, 0.3) is 0 Å². The molecule has 0 saturated heterocycles. The first kappa shape index (κ1) is 17.3. The first-order valence-electron chi connectivity index (χ1n) is 8.38. The lowest BCUT2D eigenvalue weighted by Crippen LogP contribution is -2.37. The van der Waals surface area contributed by atoms with E-state index in [1.807, 2.05) is 20.0 Å². The second-order valence-corrected chi connectivity index (χ2v) is 6.44. The average Bonchev–Trinajstić information content (AvgIpc) is 2.89. The van der Waals surface area contributed by atoms with Crippen molar-refractivity contribution in [2.24, 2.45) is 7.05 Å². The molecule has 2 aromatic rings. The monoisotopic (exact) mass is 345 g/mol. The fourth-order valence-corrected chi connectivity index (χ4v) is 3.42. The molecule has 0 bridgehead atoms. The quantitative estimate of drug-likeness (QED) is 0.846. The first-order chi connectivity index (χ1) is 11.9. The molecule has 8 heteroatoms. The Morgan fingerprint density at radius 1 is 1.36 bits per heavy atom. The van der Waals surface area contributed by atoms with E-state index < -0.39 is 0 Å². The number of hydrogen-bond donors (Lipinski definition) is 1. The SMILES string of the molecule is Cc1cc(C)n(CCC(=O)N2CCc3c(c(CO)nn3C)C2)c(=O)n1. The van der Waals surface area contributed by atoms with Crippen molar-refractivity contribution in [3.8, 4) is 0 Å². The van der Waals surface area contributed by atoms with Gasteiger partial charge in [0.1, 0.15) is 0 Å². The van der Waals surface area contributed by atoms with E-state index >= 15 is 0 Å². The summed E-state index contributed by atoms with van der Waals surface area (Å²) in [6, 6.07) is 1.84. The zero-order valence-electron chi connectivity index (χ0n) is 14.8. The van der Waals surface area contributed by atoms with Gasteiger partial charge >= 0.3 is 5.69 Å². The number of amides is 1. The van der Waals surface area contributed by atoms with Crippen molar-refractivity contribution in [3.05, 3.63) is 44.9 Å². The van der Waals surface area contributed by atoms with Crippen molar-refractivity contribution in [1.29, 1.82) is 0 Å². The molecule has 0 spiro atoms. The second kappa shape index (κ2) is 6.79. The first-order valence-corrected chi connectivity index (χ1v) is 8.38. The number of carbonyl (C=O) groups is 1. The number of aliphatic hydroxyl groups excluding tert-OH is 1. The van der Waals surface area contributed by atoms with Crippen LogP contribution in [0.5, 0.6) is 0 Å². The van der Waals surface area contributed by atoms with E-state index in [0.717, 1.165) is 23.4 Å². The Bertz CT molecular complexity index is 868. The van der Waals surface area contributed by atoms with Gasteiger partial charge in [-0.05, 0) is 19.9 Å². The lowest BCUT2D eigenvalue weighted by Gasteiger charge is -2.28. The van der Waals surface area contributed by atoms with Crippen molar-refractivity contribution in [1.82, 2.24) is 24.2 Å². The predicted molar refractivity (Wildman–Crippen MR) is 90.8 cm³/mol. The van der Waals surface area contributed by atoms with Crippen molar-refractivity contribution in [3.63, 3.8) is 0 Å². The van der Waals surface area contributed by atoms with E-state index in [0.29, 0.717) is 31.0 Å². The van der Waals surface area contributed by atoms with Crippen LogP contribution in [0.4, 0.5) is 0 Å². The van der Waals surface area contributed by atoms with Crippen LogP contribution in [0.25, 0.3) is 0 Å². The minimum atomic E-state index is -0.318. The van der Waals surface area contributed by atoms with Crippen LogP contribution in [-0.4, -0.2) is 41.8 Å². The molecule has 1 aliphatic heterocycles. The summed E-state index contributed by atoms with van der Waals surface area (Å²) in [5, 5.41) is 13.7. The Morgan fingerprint density at radius 2 is 2.12 bits per heavy atom. The smallest absolute Gasteiger partial charge is 0.347 e. The highest BCUT2D eigenvalue weighted by molar-refractivity contribution is 5.76. The number of nitrogens with zero attached hydrogens (tertiary/aromatic N) is 5. The minimum Gasteiger partial charge on any atom is -0.390 e. The van der Waals surface area contributed by atoms with Gasteiger partial charge in [0.2, 0.25) is 5.91 Å². The normalized spacial score (nSPS) is 13.8. The molecule has 0 atom stereocenters. The van der Waals surface area contributed by atoms with Crippen LogP contribution >= 0.6 is 0 Å². The molecule has 3 heterocycles. The predicted octanol–water partition coefficient (Wildman–Crippen LogP) is 0.0609. The third kappa shape index (κ3) is 3.34. The van der Waals surface area contributed by atoms with Gasteiger partial charge in [-0.1, -0.05) is 0 Å². The van der Waals surface area contributed by atoms with Gasteiger partial charge < -0.3 is 10.0 Å². The summed E-state index contributed by atoms with van der Waals surface area (Å²) in [4.78, 5) is 30.3. The topological polar surface area (TPSA) is 93.2 Å². The van der Waals surface area contributed by atoms with Gasteiger partial charge in [-0.15, -0.1) is 0 Å². The molecule has 8 nitrogen and oxygen atoms in total. The number of carbonyl (C=O) groups excluding carboxylic acids is 1. The maximum absolute atomic E-state index is 12.6. The summed E-state index contributed by atoms with van der Waals surface area (Å²) < 4.78 is 3.31. The van der Waals surface area contributed by atoms with Crippen LogP contribution in [0.2, 0.25) is 0 Å². The van der Waals surface area contributed by atoms with Crippen LogP contribution in [0.1, 0.15) is 34.8 Å². The molecule has 3 rings (SSSR count). The molecule has 1 N–H and O–H groups in total. The molecule has 0 fully saturated rings. The van der Waals surface area contributed by atoms with E-state index in [1.165, 1.54) is 4.57 Å². The Labute approximate surface area is 145 Å². The van der Waals surface area contributed by atoms with Crippen LogP contribution in [-0.2, 0) is 38.0 Å². The van der Waals surface area contributed by atoms with Crippen molar-refractivity contribution >= 4 is 5.91 Å². The molecular weight excluding hydrogens is 322 g/mol. The largest absolute Gasteiger partial charge is 0.390 e. The highest BCUT2D eigenvalue weighted by Crippen LogP contribution is 2.22. The molecule has 2 aromatic heterocycles. The summed E-state index contributed by atoms with van der Waals surface area (Å²) in [7, 11) is 1.86. The van der Waals surface area contributed by atoms with Gasteiger partial charge in [0.05, 0.1) is 12.3 Å². The standard InChI is InChI=1S/C17H23N5O3/c1-11-8-12(2)22(17(25)18-11)7-5-16(24)21-6-4-15-13(9-21)14(10-23)19-20(15)3/h8,23H,4-7,9-10H2,1-3H3. The number of aliphatic hydroxyl groups is 1. The summed E-state index contributed by atoms with van der Waals surface area (Å²) >= 11 is 0. The van der Waals surface area contributed by atoms with Crippen LogP contribution in [0, 0.1) is 13.8 Å². The molecule has 0 aliphatic carbocycles. The lowest BCUT2D eigenvalue weighted by molar-refractivity contribution is -0.132. The third-order valence-electron chi connectivity index (χ3n) is 4.72. The molecule has 0 saturated carbocycles. The van der Waals surface area contributed by atoms with E-state index in [2.05, 4.69) is 10.1 Å². The van der Waals surface area contributed by atoms with Crippen molar-refractivity contribution < 1.29 is 9.90 Å². The fraction of sp³-hybridized carbons (Fsp3) is 0.529. The number of rotatable bonds is 4. The molecular formula is C17H23N5O3. The summed E-state index contributed by atoms with van der Waals surface area (Å²) in [6.07, 6.45) is 0.963. The second-order valence-electron chi connectivity index (χ2n) is 6.44. The molecule has 1 amide bonds. The highest BCUT2D eigenvalue weighted by Gasteiger charge is 2.26. The van der Waals surface area contributed by atoms with Gasteiger partial charge in [0, 0.05) is 62.2 Å². The summed E-state index contributed by atoms with van der Waals surface area (Å²) in [5.41, 5.74) is 3.81. The van der Waals surface area contributed by atoms with Gasteiger partial charge in [0.15, 0.2) is 0 Å². The Morgan fingerprint density at radius 3 is 2.80 bits per heavy atom. The highest BCUT2D eigenvalue weighted by atomic mass is 16.3. The van der Waals surface area contributed by atoms with Gasteiger partial charge in [-0.3, -0.25) is 14.0 Å². The number of fused-ring (bicyclic) bond motifs is 1. The maximum atomic E-state index is 12.6. The Hall–Kier alpha value is -2.48. The Balaban J connectivity index is 1.70. The summed E-state index contributed by atoms with van der Waals surface area (Å²) in [6.45, 7) is 4.89. The summed E-state index contributed by atoms with van der Waals surface area (Å²) in [5.74, 6) is -0.00901. The van der Waals surface area contributed by atoms with E-state index in [9.17, 15) is 14.7 Å². The third-order valence-corrected chi connectivity index (χ3v) is 4.72. The van der Waals surface area contributed by atoms with Crippen molar-refractivity contribution in [2.45, 2.75) is 46.4 Å². The minimum absolute atomic E-state index is 0.00901. The van der Waals surface area contributed by atoms with Crippen molar-refractivity contribution in [2.75, 3.05) is 6.54 Å². The van der Waals surface area contributed by atoms with E-state index in [4.69, 9.17) is 0 Å². The zero-order chi connectivity index (χ0) is 18.1. The van der Waals surface area contributed by atoms with Crippen LogP contribution in [0.3, 0.4) is 0 Å². The molecule has 0 unspecified atom stereocenters. The molecule has 134 valence electrons. The zero-order valence-corrected chi connectivity index (χ0v) is 14.8. The molecule has 0 radical (unpaired) electrons. The number of aromatic nitrogens is 4. The maximum Gasteiger partial charge on any atom is 0.347 e. The van der Waals surface area contributed by atoms with Gasteiger partial charge in [-0.2, -0.15) is 10.1 Å². The fourth-order valence-electron chi connectivity index (χ4n) is 3.42. The number of aryl methyl sites for hydroxylation is 3. The number of hydrogen-bond acceptors (Lipinski definition) is 5. The molecule has 25 heavy (non-hydrogen) atoms. The molecule has 0 aromatic carbocycles. The van der Waals surface area contributed by atoms with Crippen LogP contribution in [0.15, 0.2) is 10.9 Å². The van der Waals surface area contributed by atoms with Crippen LogP contribution < -0.4 is 5.69 Å². The van der Waals surface area contributed by atoms with E-state index in [1.54, 1.807) is 16.5 Å². The lowest BCUT2D eigenvalue weighted by atomic mass is 10.0. The average molecular weight is 345 g/mol. The van der Waals surface area contributed by atoms with E-state index in [-0.39, 0.29) is 24.6 Å². The molecule has 1 aliphatic rings. The van der Waals surface area contributed by atoms with Gasteiger partial charge in [-0.25, -0.2) is 4.79 Å².